The molecule has 29 heavy (non-hydrogen) atoms. The Morgan fingerprint density at radius 1 is 1.21 bits per heavy atom. The molecule has 2 aliphatic heterocycles. The molecule has 1 atom stereocenters. The van der Waals surface area contributed by atoms with Crippen molar-refractivity contribution in [2.24, 2.45) is 0 Å². The molecule has 152 valence electrons. The first-order valence-electron chi connectivity index (χ1n) is 10.1. The summed E-state index contributed by atoms with van der Waals surface area (Å²) in [6, 6.07) is 14.0. The zero-order valence-corrected chi connectivity index (χ0v) is 16.6. The molecule has 0 spiro atoms. The van der Waals surface area contributed by atoms with Gasteiger partial charge in [-0.2, -0.15) is 4.90 Å². The Morgan fingerprint density at radius 2 is 2.00 bits per heavy atom. The lowest BCUT2D eigenvalue weighted by Gasteiger charge is -2.29. The van der Waals surface area contributed by atoms with Gasteiger partial charge in [0.2, 0.25) is 0 Å². The van der Waals surface area contributed by atoms with Crippen molar-refractivity contribution in [2.75, 3.05) is 24.6 Å². The monoisotopic (exact) mass is 396 g/mol. The van der Waals surface area contributed by atoms with Crippen molar-refractivity contribution in [1.82, 2.24) is 0 Å². The number of hydrogen-bond donors (Lipinski definition) is 1. The normalized spacial score (nSPS) is 21.7. The topological polar surface area (TPSA) is 78.8 Å². The van der Waals surface area contributed by atoms with Crippen LogP contribution in [0.25, 0.3) is 0 Å². The molecule has 0 radical (unpaired) electrons. The number of hydrogen-bond acceptors (Lipinski definition) is 5. The smallest absolute Gasteiger partial charge is 0.275 e. The average Bonchev–Trinajstić information content (AvgIpc) is 2.85. The Hall–Kier alpha value is -2.93. The second kappa shape index (κ2) is 7.83. The van der Waals surface area contributed by atoms with E-state index in [2.05, 4.69) is 4.58 Å². The Morgan fingerprint density at radius 3 is 2.72 bits per heavy atom. The van der Waals surface area contributed by atoms with Gasteiger partial charge < -0.3 is 9.84 Å². The molecule has 0 saturated carbocycles. The van der Waals surface area contributed by atoms with Crippen LogP contribution in [0.3, 0.4) is 0 Å². The molecule has 2 aliphatic rings. The van der Waals surface area contributed by atoms with Gasteiger partial charge in [0.15, 0.2) is 6.54 Å². The molecule has 1 unspecified atom stereocenters. The van der Waals surface area contributed by atoms with Crippen LogP contribution in [0.2, 0.25) is 0 Å². The number of ether oxygens (including phenoxy) is 1. The number of rotatable bonds is 5. The van der Waals surface area contributed by atoms with E-state index in [1.165, 1.54) is 12.1 Å². The minimum Gasteiger partial charge on any atom is -0.494 e. The maximum Gasteiger partial charge on any atom is 0.275 e. The number of benzene rings is 2. The minimum atomic E-state index is -1.37. The lowest BCUT2D eigenvalue weighted by atomic mass is 9.99. The van der Waals surface area contributed by atoms with Crippen LogP contribution in [0.5, 0.6) is 5.75 Å². The van der Waals surface area contributed by atoms with Gasteiger partial charge in [0.05, 0.1) is 18.1 Å². The Bertz CT molecular complexity index is 941. The third-order valence-corrected chi connectivity index (χ3v) is 5.66. The third kappa shape index (κ3) is 3.58. The largest absolute Gasteiger partial charge is 0.494 e. The molecular weight excluding hydrogens is 370 g/mol. The first-order chi connectivity index (χ1) is 14.0. The zero-order chi connectivity index (χ0) is 20.4. The SMILES string of the molecule is CCOc1ccc(N2C3=[N+](CCCCC3)CC2(O)c2cccc([N+](=O)[O-])c2)cc1. The maximum absolute atomic E-state index is 11.9. The molecule has 0 amide bonds. The summed E-state index contributed by atoms with van der Waals surface area (Å²) in [6.07, 6.45) is 4.16. The second-order valence-electron chi connectivity index (χ2n) is 7.53. The quantitative estimate of drug-likeness (QED) is 0.474. The van der Waals surface area contributed by atoms with Gasteiger partial charge in [-0.3, -0.25) is 14.7 Å². The molecule has 7 heteroatoms. The molecule has 0 aliphatic carbocycles. The molecule has 0 saturated heterocycles. The minimum absolute atomic E-state index is 0.0188. The fraction of sp³-hybridized carbons (Fsp3) is 0.409. The van der Waals surface area contributed by atoms with Gasteiger partial charge >= 0.3 is 0 Å². The molecule has 7 nitrogen and oxygen atoms in total. The highest BCUT2D eigenvalue weighted by Crippen LogP contribution is 2.39. The Kier molecular flexibility index (Phi) is 5.24. The molecule has 2 heterocycles. The summed E-state index contributed by atoms with van der Waals surface area (Å²) in [7, 11) is 0. The van der Waals surface area contributed by atoms with E-state index < -0.39 is 10.6 Å². The van der Waals surface area contributed by atoms with Crippen molar-refractivity contribution in [3.8, 4) is 5.75 Å². The van der Waals surface area contributed by atoms with Crippen LogP contribution in [-0.2, 0) is 5.72 Å². The van der Waals surface area contributed by atoms with Gasteiger partial charge in [-0.15, -0.1) is 0 Å². The van der Waals surface area contributed by atoms with E-state index in [1.54, 1.807) is 12.1 Å². The summed E-state index contributed by atoms with van der Waals surface area (Å²) >= 11 is 0. The van der Waals surface area contributed by atoms with E-state index in [4.69, 9.17) is 4.74 Å². The summed E-state index contributed by atoms with van der Waals surface area (Å²) in [4.78, 5) is 12.8. The van der Waals surface area contributed by atoms with Gasteiger partial charge in [0.25, 0.3) is 17.2 Å². The summed E-state index contributed by atoms with van der Waals surface area (Å²) in [5.41, 5.74) is -0.0103. The van der Waals surface area contributed by atoms with E-state index in [-0.39, 0.29) is 5.69 Å². The van der Waals surface area contributed by atoms with Crippen LogP contribution in [0.15, 0.2) is 48.5 Å². The van der Waals surface area contributed by atoms with Gasteiger partial charge in [-0.1, -0.05) is 12.1 Å². The van der Waals surface area contributed by atoms with Crippen LogP contribution in [0.1, 0.15) is 38.2 Å². The fourth-order valence-electron chi connectivity index (χ4n) is 4.33. The molecule has 0 bridgehead atoms. The number of aliphatic hydroxyl groups is 1. The van der Waals surface area contributed by atoms with Crippen LogP contribution in [0, 0.1) is 10.1 Å². The number of nitrogens with zero attached hydrogens (tertiary/aromatic N) is 3. The van der Waals surface area contributed by atoms with Crippen LogP contribution in [-0.4, -0.2) is 40.1 Å². The predicted octanol–water partition coefficient (Wildman–Crippen LogP) is 3.64. The van der Waals surface area contributed by atoms with Crippen molar-refractivity contribution < 1.29 is 19.3 Å². The predicted molar refractivity (Wildman–Crippen MR) is 111 cm³/mol. The summed E-state index contributed by atoms with van der Waals surface area (Å²) in [6.45, 7) is 3.79. The molecule has 0 aromatic heterocycles. The van der Waals surface area contributed by atoms with Crippen LogP contribution >= 0.6 is 0 Å². The van der Waals surface area contributed by atoms with Crippen molar-refractivity contribution in [3.63, 3.8) is 0 Å². The third-order valence-electron chi connectivity index (χ3n) is 5.66. The first kappa shape index (κ1) is 19.4. The Balaban J connectivity index is 1.80. The molecule has 0 fully saturated rings. The first-order valence-corrected chi connectivity index (χ1v) is 10.1. The van der Waals surface area contributed by atoms with Crippen molar-refractivity contribution in [3.05, 3.63) is 64.2 Å². The number of anilines is 1. The number of nitro groups is 1. The molecule has 2 aromatic carbocycles. The fourth-order valence-corrected chi connectivity index (χ4v) is 4.33. The van der Waals surface area contributed by atoms with Gasteiger partial charge in [0, 0.05) is 24.1 Å². The van der Waals surface area contributed by atoms with E-state index in [9.17, 15) is 15.2 Å². The maximum atomic E-state index is 11.9. The van der Waals surface area contributed by atoms with E-state index >= 15 is 0 Å². The average molecular weight is 396 g/mol. The summed E-state index contributed by atoms with van der Waals surface area (Å²) < 4.78 is 7.78. The molecule has 1 N–H and O–H groups in total. The Labute approximate surface area is 170 Å². The highest BCUT2D eigenvalue weighted by atomic mass is 16.6. The van der Waals surface area contributed by atoms with Crippen molar-refractivity contribution in [1.29, 1.82) is 0 Å². The van der Waals surface area contributed by atoms with E-state index in [0.29, 0.717) is 18.7 Å². The van der Waals surface area contributed by atoms with Crippen molar-refractivity contribution >= 4 is 17.2 Å². The molecule has 2 aromatic rings. The van der Waals surface area contributed by atoms with Crippen molar-refractivity contribution in [2.45, 2.75) is 38.3 Å². The van der Waals surface area contributed by atoms with E-state index in [0.717, 1.165) is 49.5 Å². The zero-order valence-electron chi connectivity index (χ0n) is 16.6. The lowest BCUT2D eigenvalue weighted by molar-refractivity contribution is -0.534. The lowest BCUT2D eigenvalue weighted by Crippen LogP contribution is -2.47. The van der Waals surface area contributed by atoms with Crippen LogP contribution < -0.4 is 9.64 Å². The highest BCUT2D eigenvalue weighted by molar-refractivity contribution is 5.97. The highest BCUT2D eigenvalue weighted by Gasteiger charge is 2.54. The number of non-ortho nitro benzene ring substituents is 1. The van der Waals surface area contributed by atoms with E-state index in [1.807, 2.05) is 36.1 Å². The summed E-state index contributed by atoms with van der Waals surface area (Å²) in [5.74, 6) is 1.85. The number of amidine groups is 1. The standard InChI is InChI=1S/C22H26N3O4/c1-2-29-20-12-10-18(11-13-20)24-21-9-4-3-5-14-23(21)16-22(24,26)17-7-6-8-19(15-17)25(27)28/h6-8,10-13,15,26H,2-5,9,14,16H2,1H3/q+1. The van der Waals surface area contributed by atoms with Gasteiger partial charge in [-0.25, -0.2) is 0 Å². The number of nitro benzene ring substituents is 1. The molecule has 4 rings (SSSR count). The van der Waals surface area contributed by atoms with Gasteiger partial charge in [-0.05, 0) is 50.5 Å². The molecular formula is C22H26N3O4+. The van der Waals surface area contributed by atoms with Crippen LogP contribution in [0.4, 0.5) is 11.4 Å². The summed E-state index contributed by atoms with van der Waals surface area (Å²) in [5, 5.41) is 23.2. The second-order valence-corrected chi connectivity index (χ2v) is 7.53. The van der Waals surface area contributed by atoms with Gasteiger partial charge in [0.1, 0.15) is 11.4 Å².